The first-order valence-electron chi connectivity index (χ1n) is 6.17. The first-order chi connectivity index (χ1) is 8.80. The number of fused-ring (bicyclic) bond motifs is 1. The number of halogens is 1. The van der Waals surface area contributed by atoms with Crippen molar-refractivity contribution in [3.8, 4) is 5.75 Å². The molecule has 0 aromatic heterocycles. The molecule has 0 aliphatic rings. The standard InChI is InChI=1S/C15H19NO2.ClH/c1-18-13-6-5-11-3-2-4-14(15(11)9-13)12(10-16)7-8-17;/h2-6,9,12,17H,7-8,10,16H2,1H3;1H. The molecule has 0 bridgehead atoms. The van der Waals surface area contributed by atoms with Gasteiger partial charge in [0.25, 0.3) is 0 Å². The van der Waals surface area contributed by atoms with Gasteiger partial charge in [-0.3, -0.25) is 0 Å². The van der Waals surface area contributed by atoms with E-state index in [0.717, 1.165) is 11.1 Å². The third-order valence-corrected chi connectivity index (χ3v) is 3.32. The van der Waals surface area contributed by atoms with Crippen molar-refractivity contribution < 1.29 is 9.84 Å². The van der Waals surface area contributed by atoms with Crippen molar-refractivity contribution in [3.05, 3.63) is 42.0 Å². The fraction of sp³-hybridized carbons (Fsp3) is 0.333. The quantitative estimate of drug-likeness (QED) is 0.886. The number of aliphatic hydroxyl groups is 1. The lowest BCUT2D eigenvalue weighted by Crippen LogP contribution is -2.14. The van der Waals surface area contributed by atoms with E-state index in [4.69, 9.17) is 15.6 Å². The summed E-state index contributed by atoms with van der Waals surface area (Å²) in [4.78, 5) is 0. The van der Waals surface area contributed by atoms with Crippen LogP contribution in [0.25, 0.3) is 10.8 Å². The fourth-order valence-corrected chi connectivity index (χ4v) is 2.32. The summed E-state index contributed by atoms with van der Waals surface area (Å²) >= 11 is 0. The highest BCUT2D eigenvalue weighted by Crippen LogP contribution is 2.29. The summed E-state index contributed by atoms with van der Waals surface area (Å²) in [5.74, 6) is 1.03. The van der Waals surface area contributed by atoms with E-state index in [2.05, 4.69) is 12.1 Å². The molecule has 0 fully saturated rings. The molecule has 0 saturated carbocycles. The lowest BCUT2D eigenvalue weighted by molar-refractivity contribution is 0.276. The zero-order chi connectivity index (χ0) is 13.0. The summed E-state index contributed by atoms with van der Waals surface area (Å²) < 4.78 is 5.27. The van der Waals surface area contributed by atoms with Crippen molar-refractivity contribution in [3.63, 3.8) is 0 Å². The number of aliphatic hydroxyl groups excluding tert-OH is 1. The second-order valence-corrected chi connectivity index (χ2v) is 4.38. The van der Waals surface area contributed by atoms with Crippen molar-refractivity contribution in [2.24, 2.45) is 5.73 Å². The maximum atomic E-state index is 9.12. The van der Waals surface area contributed by atoms with Crippen molar-refractivity contribution in [2.75, 3.05) is 20.3 Å². The van der Waals surface area contributed by atoms with Crippen LogP contribution in [0.2, 0.25) is 0 Å². The van der Waals surface area contributed by atoms with Crippen molar-refractivity contribution in [2.45, 2.75) is 12.3 Å². The molecule has 2 aromatic rings. The average Bonchev–Trinajstić information content (AvgIpc) is 2.43. The number of hydrogen-bond acceptors (Lipinski definition) is 3. The van der Waals surface area contributed by atoms with E-state index in [0.29, 0.717) is 13.0 Å². The summed E-state index contributed by atoms with van der Waals surface area (Å²) in [6.45, 7) is 0.694. The number of rotatable bonds is 5. The Hall–Kier alpha value is -1.29. The van der Waals surface area contributed by atoms with Gasteiger partial charge in [0, 0.05) is 6.61 Å². The van der Waals surface area contributed by atoms with E-state index in [1.807, 2.05) is 24.3 Å². The molecule has 19 heavy (non-hydrogen) atoms. The smallest absolute Gasteiger partial charge is 0.119 e. The molecule has 2 aromatic carbocycles. The first-order valence-corrected chi connectivity index (χ1v) is 6.17. The number of ether oxygens (including phenoxy) is 1. The monoisotopic (exact) mass is 281 g/mol. The van der Waals surface area contributed by atoms with Gasteiger partial charge in [0.05, 0.1) is 7.11 Å². The predicted octanol–water partition coefficient (Wildman–Crippen LogP) is 2.69. The van der Waals surface area contributed by atoms with Gasteiger partial charge in [-0.1, -0.05) is 24.3 Å². The van der Waals surface area contributed by atoms with Crippen LogP contribution in [0.5, 0.6) is 5.75 Å². The molecule has 0 spiro atoms. The second-order valence-electron chi connectivity index (χ2n) is 4.38. The lowest BCUT2D eigenvalue weighted by atomic mass is 9.91. The molecular weight excluding hydrogens is 262 g/mol. The second kappa shape index (κ2) is 7.34. The van der Waals surface area contributed by atoms with Crippen LogP contribution < -0.4 is 10.5 Å². The van der Waals surface area contributed by atoms with E-state index in [-0.39, 0.29) is 24.9 Å². The van der Waals surface area contributed by atoms with Gasteiger partial charge >= 0.3 is 0 Å². The number of methoxy groups -OCH3 is 1. The molecule has 0 amide bonds. The molecule has 104 valence electrons. The predicted molar refractivity (Wildman–Crippen MR) is 81.2 cm³/mol. The molecule has 0 aliphatic heterocycles. The van der Waals surface area contributed by atoms with Crippen LogP contribution in [0.15, 0.2) is 36.4 Å². The molecule has 1 atom stereocenters. The Morgan fingerprint density at radius 3 is 2.68 bits per heavy atom. The summed E-state index contributed by atoms with van der Waals surface area (Å²) in [6, 6.07) is 12.2. The van der Waals surface area contributed by atoms with E-state index >= 15 is 0 Å². The maximum absolute atomic E-state index is 9.12. The zero-order valence-electron chi connectivity index (χ0n) is 11.0. The molecule has 0 heterocycles. The van der Waals surface area contributed by atoms with Crippen LogP contribution in [0.4, 0.5) is 0 Å². The highest BCUT2D eigenvalue weighted by Gasteiger charge is 2.12. The summed E-state index contributed by atoms with van der Waals surface area (Å²) in [5.41, 5.74) is 6.99. The Labute approximate surface area is 119 Å². The molecular formula is C15H20ClNO2. The Morgan fingerprint density at radius 1 is 1.26 bits per heavy atom. The molecule has 1 unspecified atom stereocenters. The van der Waals surface area contributed by atoms with Crippen molar-refractivity contribution >= 4 is 23.2 Å². The topological polar surface area (TPSA) is 55.5 Å². The molecule has 3 N–H and O–H groups in total. The SMILES string of the molecule is COc1ccc2cccc(C(CN)CCO)c2c1.Cl. The van der Waals surface area contributed by atoms with Crippen LogP contribution in [0, 0.1) is 0 Å². The zero-order valence-corrected chi connectivity index (χ0v) is 11.8. The van der Waals surface area contributed by atoms with Gasteiger partial charge < -0.3 is 15.6 Å². The maximum Gasteiger partial charge on any atom is 0.119 e. The van der Waals surface area contributed by atoms with Crippen molar-refractivity contribution in [1.82, 2.24) is 0 Å². The minimum atomic E-state index is 0. The van der Waals surface area contributed by atoms with E-state index in [9.17, 15) is 0 Å². The summed E-state index contributed by atoms with van der Waals surface area (Å²) in [7, 11) is 1.66. The van der Waals surface area contributed by atoms with Gasteiger partial charge in [-0.15, -0.1) is 12.4 Å². The number of nitrogens with two attached hydrogens (primary N) is 1. The molecule has 2 rings (SSSR count). The largest absolute Gasteiger partial charge is 0.497 e. The molecule has 0 saturated heterocycles. The fourth-order valence-electron chi connectivity index (χ4n) is 2.32. The van der Waals surface area contributed by atoms with E-state index in [1.165, 1.54) is 10.9 Å². The van der Waals surface area contributed by atoms with Crippen LogP contribution in [0.1, 0.15) is 17.9 Å². The van der Waals surface area contributed by atoms with Gasteiger partial charge in [0.2, 0.25) is 0 Å². The average molecular weight is 282 g/mol. The Balaban J connectivity index is 0.00000180. The minimum absolute atomic E-state index is 0. The highest BCUT2D eigenvalue weighted by molar-refractivity contribution is 5.87. The van der Waals surface area contributed by atoms with Crippen LogP contribution >= 0.6 is 12.4 Å². The third kappa shape index (κ3) is 3.38. The van der Waals surface area contributed by atoms with Crippen LogP contribution in [-0.4, -0.2) is 25.4 Å². The van der Waals surface area contributed by atoms with Gasteiger partial charge in [0.15, 0.2) is 0 Å². The lowest BCUT2D eigenvalue weighted by Gasteiger charge is -2.17. The van der Waals surface area contributed by atoms with E-state index in [1.54, 1.807) is 7.11 Å². The normalized spacial score (nSPS) is 11.9. The Bertz CT molecular complexity index is 531. The van der Waals surface area contributed by atoms with Crippen LogP contribution in [0.3, 0.4) is 0 Å². The Morgan fingerprint density at radius 2 is 2.05 bits per heavy atom. The van der Waals surface area contributed by atoms with Gasteiger partial charge in [0.1, 0.15) is 5.75 Å². The van der Waals surface area contributed by atoms with E-state index < -0.39 is 0 Å². The van der Waals surface area contributed by atoms with Crippen LogP contribution in [-0.2, 0) is 0 Å². The molecule has 4 heteroatoms. The highest BCUT2D eigenvalue weighted by atomic mass is 35.5. The van der Waals surface area contributed by atoms with Crippen molar-refractivity contribution in [1.29, 1.82) is 0 Å². The number of hydrogen-bond donors (Lipinski definition) is 2. The number of benzene rings is 2. The molecule has 3 nitrogen and oxygen atoms in total. The van der Waals surface area contributed by atoms with Gasteiger partial charge in [-0.25, -0.2) is 0 Å². The summed E-state index contributed by atoms with van der Waals surface area (Å²) in [6.07, 6.45) is 0.687. The minimum Gasteiger partial charge on any atom is -0.497 e. The first kappa shape index (κ1) is 15.8. The van der Waals surface area contributed by atoms with Gasteiger partial charge in [-0.05, 0) is 47.4 Å². The molecule has 0 aliphatic carbocycles. The molecule has 0 radical (unpaired) electrons. The third-order valence-electron chi connectivity index (χ3n) is 3.32. The van der Waals surface area contributed by atoms with Gasteiger partial charge in [-0.2, -0.15) is 0 Å². The Kier molecular flexibility index (Phi) is 6.09. The summed E-state index contributed by atoms with van der Waals surface area (Å²) in [5, 5.41) is 11.4.